The molecule has 4 nitrogen and oxygen atoms in total. The maximum absolute atomic E-state index is 12.1. The number of ether oxygens (including phenoxy) is 2. The molecule has 1 rings (SSSR count). The zero-order valence-corrected chi connectivity index (χ0v) is 13.3. The Morgan fingerprint density at radius 2 is 1.55 bits per heavy atom. The summed E-state index contributed by atoms with van der Waals surface area (Å²) < 4.78 is 10.2. The molecule has 0 saturated heterocycles. The van der Waals surface area contributed by atoms with Gasteiger partial charge in [0.05, 0.1) is 20.0 Å². The van der Waals surface area contributed by atoms with Gasteiger partial charge in [-0.3, -0.25) is 9.59 Å². The zero-order valence-electron chi connectivity index (χ0n) is 12.5. The first-order valence-corrected chi connectivity index (χ1v) is 7.20. The molecule has 20 heavy (non-hydrogen) atoms. The summed E-state index contributed by atoms with van der Waals surface area (Å²) in [5, 5.41) is -0.167. The van der Waals surface area contributed by atoms with E-state index in [2.05, 4.69) is 0 Å². The van der Waals surface area contributed by atoms with Crippen molar-refractivity contribution in [3.05, 3.63) is 23.8 Å². The van der Waals surface area contributed by atoms with Gasteiger partial charge in [-0.25, -0.2) is 0 Å². The molecular formula is C15H20O4S. The third kappa shape index (κ3) is 4.56. The monoisotopic (exact) mass is 296 g/mol. The molecule has 0 aromatic heterocycles. The molecule has 0 radical (unpaired) electrons. The summed E-state index contributed by atoms with van der Waals surface area (Å²) in [6.45, 7) is 5.53. The third-order valence-electron chi connectivity index (χ3n) is 2.76. The minimum atomic E-state index is -0.431. The second-order valence-electron chi connectivity index (χ2n) is 5.35. The number of thioether (sulfide) groups is 1. The molecule has 0 unspecified atom stereocenters. The molecule has 0 N–H and O–H groups in total. The van der Waals surface area contributed by atoms with Crippen LogP contribution in [0.3, 0.4) is 0 Å². The first-order valence-electron chi connectivity index (χ1n) is 6.21. The topological polar surface area (TPSA) is 52.6 Å². The summed E-state index contributed by atoms with van der Waals surface area (Å²) in [7, 11) is 3.05. The van der Waals surface area contributed by atoms with Crippen LogP contribution in [0.25, 0.3) is 0 Å². The van der Waals surface area contributed by atoms with Crippen molar-refractivity contribution in [2.75, 3.05) is 20.0 Å². The lowest BCUT2D eigenvalue weighted by Crippen LogP contribution is -2.22. The van der Waals surface area contributed by atoms with Gasteiger partial charge >= 0.3 is 0 Å². The number of methoxy groups -OCH3 is 2. The fraction of sp³-hybridized carbons (Fsp3) is 0.467. The van der Waals surface area contributed by atoms with Crippen molar-refractivity contribution < 1.29 is 19.1 Å². The summed E-state index contributed by atoms with van der Waals surface area (Å²) in [6, 6.07) is 4.97. The predicted octanol–water partition coefficient (Wildman–Crippen LogP) is 3.19. The van der Waals surface area contributed by atoms with Crippen LogP contribution in [-0.4, -0.2) is 30.9 Å². The minimum Gasteiger partial charge on any atom is -0.497 e. The van der Waals surface area contributed by atoms with Gasteiger partial charge in [-0.15, -0.1) is 0 Å². The van der Waals surface area contributed by atoms with Gasteiger partial charge in [-0.2, -0.15) is 0 Å². The van der Waals surface area contributed by atoms with Crippen LogP contribution < -0.4 is 9.47 Å². The number of carbonyl (C=O) groups is 2. The van der Waals surface area contributed by atoms with Gasteiger partial charge in [0.15, 0.2) is 0 Å². The Morgan fingerprint density at radius 3 is 1.95 bits per heavy atom. The molecular weight excluding hydrogens is 276 g/mol. The van der Waals surface area contributed by atoms with Crippen LogP contribution >= 0.6 is 11.8 Å². The van der Waals surface area contributed by atoms with Gasteiger partial charge in [0, 0.05) is 17.0 Å². The van der Waals surface area contributed by atoms with E-state index in [9.17, 15) is 9.59 Å². The molecule has 0 spiro atoms. The second kappa shape index (κ2) is 6.79. The van der Waals surface area contributed by atoms with Crippen LogP contribution in [-0.2, 0) is 4.79 Å². The standard InChI is InChI=1S/C15H20O4S/c1-15(2,3)13(16)9-20-14(17)10-6-11(18-4)8-12(7-10)19-5/h6-8H,9H2,1-5H3. The highest BCUT2D eigenvalue weighted by atomic mass is 32.2. The van der Waals surface area contributed by atoms with Crippen molar-refractivity contribution >= 4 is 22.7 Å². The molecule has 0 fully saturated rings. The van der Waals surface area contributed by atoms with E-state index in [4.69, 9.17) is 9.47 Å². The normalized spacial score (nSPS) is 11.1. The van der Waals surface area contributed by atoms with Gasteiger partial charge in [0.2, 0.25) is 5.12 Å². The summed E-state index contributed by atoms with van der Waals surface area (Å²) in [4.78, 5) is 23.9. The number of rotatable bonds is 5. The van der Waals surface area contributed by atoms with E-state index < -0.39 is 5.41 Å². The highest BCUT2D eigenvalue weighted by Crippen LogP contribution is 2.26. The van der Waals surface area contributed by atoms with Crippen molar-refractivity contribution in [1.29, 1.82) is 0 Å². The highest BCUT2D eigenvalue weighted by Gasteiger charge is 2.22. The van der Waals surface area contributed by atoms with Crippen molar-refractivity contribution in [3.8, 4) is 11.5 Å². The zero-order chi connectivity index (χ0) is 15.3. The van der Waals surface area contributed by atoms with Crippen LogP contribution in [0, 0.1) is 5.41 Å². The van der Waals surface area contributed by atoms with E-state index in [0.29, 0.717) is 17.1 Å². The molecule has 0 saturated carbocycles. The molecule has 0 amide bonds. The van der Waals surface area contributed by atoms with Crippen LogP contribution in [0.2, 0.25) is 0 Å². The molecule has 0 heterocycles. The molecule has 5 heteroatoms. The lowest BCUT2D eigenvalue weighted by molar-refractivity contribution is -0.123. The van der Waals surface area contributed by atoms with Crippen LogP contribution in [0.15, 0.2) is 18.2 Å². The fourth-order valence-corrected chi connectivity index (χ4v) is 2.34. The largest absolute Gasteiger partial charge is 0.497 e. The Hall–Kier alpha value is -1.49. The first kappa shape index (κ1) is 16.6. The summed E-state index contributed by atoms with van der Waals surface area (Å²) >= 11 is 1.00. The average molecular weight is 296 g/mol. The van der Waals surface area contributed by atoms with E-state index in [1.54, 1.807) is 18.2 Å². The minimum absolute atomic E-state index is 0.0470. The number of hydrogen-bond acceptors (Lipinski definition) is 5. The lowest BCUT2D eigenvalue weighted by Gasteiger charge is -2.15. The molecule has 1 aromatic rings. The number of ketones is 1. The summed E-state index contributed by atoms with van der Waals surface area (Å²) in [5.74, 6) is 1.32. The number of hydrogen-bond donors (Lipinski definition) is 0. The second-order valence-corrected chi connectivity index (χ2v) is 6.30. The molecule has 0 bridgehead atoms. The van der Waals surface area contributed by atoms with Gasteiger partial charge in [-0.1, -0.05) is 32.5 Å². The third-order valence-corrected chi connectivity index (χ3v) is 3.66. The van der Waals surface area contributed by atoms with Gasteiger partial charge in [0.25, 0.3) is 0 Å². The van der Waals surface area contributed by atoms with Crippen molar-refractivity contribution in [1.82, 2.24) is 0 Å². The average Bonchev–Trinajstić information content (AvgIpc) is 2.42. The van der Waals surface area contributed by atoms with Gasteiger partial charge < -0.3 is 9.47 Å². The fourth-order valence-electron chi connectivity index (χ4n) is 1.36. The quantitative estimate of drug-likeness (QED) is 0.835. The number of Topliss-reactive ketones (excluding diaryl/α,β-unsaturated/α-hetero) is 1. The Bertz CT molecular complexity index is 481. The predicted molar refractivity (Wildman–Crippen MR) is 80.8 cm³/mol. The van der Waals surface area contributed by atoms with Gasteiger partial charge in [0.1, 0.15) is 17.3 Å². The van der Waals surface area contributed by atoms with Gasteiger partial charge in [-0.05, 0) is 12.1 Å². The van der Waals surface area contributed by atoms with E-state index in [1.807, 2.05) is 20.8 Å². The van der Waals surface area contributed by atoms with Crippen LogP contribution in [0.5, 0.6) is 11.5 Å². The molecule has 110 valence electrons. The smallest absolute Gasteiger partial charge is 0.220 e. The Labute approximate surface area is 123 Å². The van der Waals surface area contributed by atoms with Crippen LogP contribution in [0.1, 0.15) is 31.1 Å². The van der Waals surface area contributed by atoms with E-state index in [-0.39, 0.29) is 16.7 Å². The first-order chi connectivity index (χ1) is 9.27. The van der Waals surface area contributed by atoms with E-state index in [1.165, 1.54) is 14.2 Å². The molecule has 0 aliphatic heterocycles. The number of carbonyl (C=O) groups excluding carboxylic acids is 2. The molecule has 1 aromatic carbocycles. The maximum atomic E-state index is 12.1. The Balaban J connectivity index is 2.80. The SMILES string of the molecule is COc1cc(OC)cc(C(=O)SCC(=O)C(C)(C)C)c1. The molecule has 0 atom stereocenters. The van der Waals surface area contributed by atoms with E-state index in [0.717, 1.165) is 11.8 Å². The number of benzene rings is 1. The summed E-state index contributed by atoms with van der Waals surface area (Å²) in [5.41, 5.74) is 0.0345. The van der Waals surface area contributed by atoms with Crippen molar-refractivity contribution in [2.45, 2.75) is 20.8 Å². The van der Waals surface area contributed by atoms with Crippen LogP contribution in [0.4, 0.5) is 0 Å². The lowest BCUT2D eigenvalue weighted by atomic mass is 9.92. The van der Waals surface area contributed by atoms with Crippen molar-refractivity contribution in [2.24, 2.45) is 5.41 Å². The Kier molecular flexibility index (Phi) is 5.62. The summed E-state index contributed by atoms with van der Waals surface area (Å²) in [6.07, 6.45) is 0. The van der Waals surface area contributed by atoms with E-state index >= 15 is 0 Å². The van der Waals surface area contributed by atoms with Crippen molar-refractivity contribution in [3.63, 3.8) is 0 Å². The molecule has 0 aliphatic carbocycles. The maximum Gasteiger partial charge on any atom is 0.220 e. The highest BCUT2D eigenvalue weighted by molar-refractivity contribution is 8.14. The Morgan fingerprint density at radius 1 is 1.05 bits per heavy atom. The molecule has 0 aliphatic rings.